The molecule has 1 saturated heterocycles. The van der Waals surface area contributed by atoms with E-state index in [0.29, 0.717) is 6.04 Å². The van der Waals surface area contributed by atoms with Gasteiger partial charge in [0.25, 0.3) is 0 Å². The fraction of sp³-hybridized carbons (Fsp3) is 0.556. The highest BCUT2D eigenvalue weighted by atomic mass is 15.1. The van der Waals surface area contributed by atoms with Crippen LogP contribution in [-0.2, 0) is 0 Å². The van der Waals surface area contributed by atoms with Gasteiger partial charge >= 0.3 is 0 Å². The molecule has 2 heterocycles. The van der Waals surface area contributed by atoms with Crippen LogP contribution in [0.2, 0.25) is 0 Å². The van der Waals surface area contributed by atoms with Gasteiger partial charge in [-0.05, 0) is 25.5 Å². The molecule has 13 heavy (non-hydrogen) atoms. The first-order valence-electron chi connectivity index (χ1n) is 4.69. The zero-order valence-electron chi connectivity index (χ0n) is 7.53. The normalized spacial score (nSPS) is 22.6. The molecule has 0 aliphatic carbocycles. The van der Waals surface area contributed by atoms with Crippen LogP contribution in [0.1, 0.15) is 12.8 Å². The van der Waals surface area contributed by atoms with Crippen molar-refractivity contribution in [2.45, 2.75) is 18.9 Å². The number of hydrogen-bond donors (Lipinski definition) is 2. The molecule has 1 fully saturated rings. The lowest BCUT2D eigenvalue weighted by atomic mass is 10.1. The molecule has 70 valence electrons. The topological polar surface area (TPSA) is 49.8 Å². The third-order valence-electron chi connectivity index (χ3n) is 2.20. The van der Waals surface area contributed by atoms with Gasteiger partial charge in [0.05, 0.1) is 0 Å². The van der Waals surface area contributed by atoms with E-state index in [1.807, 2.05) is 6.07 Å². The quantitative estimate of drug-likeness (QED) is 0.697. The lowest BCUT2D eigenvalue weighted by molar-refractivity contribution is 0.478. The summed E-state index contributed by atoms with van der Waals surface area (Å²) >= 11 is 0. The molecule has 0 amide bonds. The number of nitrogens with one attached hydrogen (secondary N) is 2. The molecule has 1 atom stereocenters. The van der Waals surface area contributed by atoms with Crippen LogP contribution in [0.25, 0.3) is 0 Å². The third kappa shape index (κ3) is 2.39. The second kappa shape index (κ2) is 4.18. The molecule has 1 aromatic heterocycles. The molecule has 1 unspecified atom stereocenters. The number of rotatable bonds is 2. The molecule has 4 nitrogen and oxygen atoms in total. The van der Waals surface area contributed by atoms with E-state index >= 15 is 0 Å². The summed E-state index contributed by atoms with van der Waals surface area (Å²) in [6.45, 7) is 2.14. The summed E-state index contributed by atoms with van der Waals surface area (Å²) in [7, 11) is 0. The van der Waals surface area contributed by atoms with Crippen LogP contribution in [0.4, 0.5) is 5.95 Å². The zero-order valence-corrected chi connectivity index (χ0v) is 7.53. The Hall–Kier alpha value is -1.16. The highest BCUT2D eigenvalue weighted by Gasteiger charge is 2.12. The van der Waals surface area contributed by atoms with Gasteiger partial charge in [0, 0.05) is 25.0 Å². The van der Waals surface area contributed by atoms with Crippen molar-refractivity contribution in [3.05, 3.63) is 18.5 Å². The Labute approximate surface area is 77.8 Å². The molecule has 1 aromatic rings. The Morgan fingerprint density at radius 1 is 1.38 bits per heavy atom. The predicted molar refractivity (Wildman–Crippen MR) is 51.5 cm³/mol. The van der Waals surface area contributed by atoms with E-state index in [-0.39, 0.29) is 0 Å². The number of hydrogen-bond acceptors (Lipinski definition) is 4. The molecule has 0 radical (unpaired) electrons. The third-order valence-corrected chi connectivity index (χ3v) is 2.20. The minimum absolute atomic E-state index is 0.483. The van der Waals surface area contributed by atoms with Gasteiger partial charge in [0.15, 0.2) is 0 Å². The van der Waals surface area contributed by atoms with Crippen molar-refractivity contribution in [3.8, 4) is 0 Å². The van der Waals surface area contributed by atoms with Gasteiger partial charge in [-0.1, -0.05) is 0 Å². The van der Waals surface area contributed by atoms with Crippen molar-refractivity contribution < 1.29 is 0 Å². The van der Waals surface area contributed by atoms with Gasteiger partial charge in [-0.15, -0.1) is 0 Å². The molecule has 0 saturated carbocycles. The van der Waals surface area contributed by atoms with Crippen LogP contribution in [0.3, 0.4) is 0 Å². The van der Waals surface area contributed by atoms with E-state index in [1.54, 1.807) is 12.4 Å². The summed E-state index contributed by atoms with van der Waals surface area (Å²) < 4.78 is 0. The fourth-order valence-electron chi connectivity index (χ4n) is 1.53. The van der Waals surface area contributed by atoms with Crippen LogP contribution >= 0.6 is 0 Å². The Balaban J connectivity index is 1.90. The van der Waals surface area contributed by atoms with Crippen LogP contribution < -0.4 is 10.6 Å². The second-order valence-corrected chi connectivity index (χ2v) is 3.26. The lowest BCUT2D eigenvalue weighted by Crippen LogP contribution is -2.38. The zero-order chi connectivity index (χ0) is 8.93. The summed E-state index contributed by atoms with van der Waals surface area (Å²) in [5, 5.41) is 6.63. The van der Waals surface area contributed by atoms with Crippen LogP contribution in [0.15, 0.2) is 18.5 Å². The van der Waals surface area contributed by atoms with Crippen molar-refractivity contribution in [2.75, 3.05) is 18.4 Å². The minimum Gasteiger partial charge on any atom is -0.350 e. The number of piperidine rings is 1. The van der Waals surface area contributed by atoms with Crippen LogP contribution in [-0.4, -0.2) is 29.1 Å². The Morgan fingerprint density at radius 2 is 2.23 bits per heavy atom. The van der Waals surface area contributed by atoms with Crippen molar-refractivity contribution in [1.82, 2.24) is 15.3 Å². The van der Waals surface area contributed by atoms with Gasteiger partial charge in [0.2, 0.25) is 5.95 Å². The Bertz CT molecular complexity index is 243. The molecule has 1 aliphatic heterocycles. The fourth-order valence-corrected chi connectivity index (χ4v) is 1.53. The number of aromatic nitrogens is 2. The maximum absolute atomic E-state index is 4.12. The summed E-state index contributed by atoms with van der Waals surface area (Å²) in [5.41, 5.74) is 0. The molecule has 2 N–H and O–H groups in total. The summed E-state index contributed by atoms with van der Waals surface area (Å²) in [4.78, 5) is 8.25. The average Bonchev–Trinajstić information content (AvgIpc) is 2.21. The maximum Gasteiger partial charge on any atom is 0.222 e. The molecular formula is C9H14N4. The largest absolute Gasteiger partial charge is 0.350 e. The molecular weight excluding hydrogens is 164 g/mol. The summed E-state index contributed by atoms with van der Waals surface area (Å²) in [5.74, 6) is 0.733. The van der Waals surface area contributed by atoms with Gasteiger partial charge < -0.3 is 10.6 Å². The summed E-state index contributed by atoms with van der Waals surface area (Å²) in [6, 6.07) is 2.31. The highest BCUT2D eigenvalue weighted by molar-refractivity contribution is 5.24. The molecule has 0 bridgehead atoms. The van der Waals surface area contributed by atoms with E-state index in [2.05, 4.69) is 20.6 Å². The molecule has 0 spiro atoms. The first kappa shape index (κ1) is 8.44. The first-order valence-corrected chi connectivity index (χ1v) is 4.69. The SMILES string of the molecule is c1cnc(NC2CCCNC2)nc1. The standard InChI is InChI=1S/C9H14N4/c1-3-8(7-10-4-1)13-9-11-5-2-6-12-9/h2,5-6,8,10H,1,3-4,7H2,(H,11,12,13). The molecule has 0 aromatic carbocycles. The molecule has 4 heteroatoms. The van der Waals surface area contributed by atoms with E-state index < -0.39 is 0 Å². The van der Waals surface area contributed by atoms with Crippen LogP contribution in [0, 0.1) is 0 Å². The van der Waals surface area contributed by atoms with Gasteiger partial charge in [-0.3, -0.25) is 0 Å². The second-order valence-electron chi connectivity index (χ2n) is 3.26. The first-order chi connectivity index (χ1) is 6.45. The van der Waals surface area contributed by atoms with E-state index in [4.69, 9.17) is 0 Å². The lowest BCUT2D eigenvalue weighted by Gasteiger charge is -2.23. The van der Waals surface area contributed by atoms with Crippen molar-refractivity contribution in [2.24, 2.45) is 0 Å². The van der Waals surface area contributed by atoms with Crippen molar-refractivity contribution >= 4 is 5.95 Å². The van der Waals surface area contributed by atoms with Crippen molar-refractivity contribution in [3.63, 3.8) is 0 Å². The molecule has 2 rings (SSSR count). The molecule has 1 aliphatic rings. The van der Waals surface area contributed by atoms with E-state index in [9.17, 15) is 0 Å². The highest BCUT2D eigenvalue weighted by Crippen LogP contribution is 2.06. The van der Waals surface area contributed by atoms with Crippen LogP contribution in [0.5, 0.6) is 0 Å². The van der Waals surface area contributed by atoms with Gasteiger partial charge in [-0.2, -0.15) is 0 Å². The van der Waals surface area contributed by atoms with E-state index in [0.717, 1.165) is 19.0 Å². The Kier molecular flexibility index (Phi) is 2.72. The van der Waals surface area contributed by atoms with Gasteiger partial charge in [-0.25, -0.2) is 9.97 Å². The predicted octanol–water partition coefficient (Wildman–Crippen LogP) is 0.640. The van der Waals surface area contributed by atoms with Gasteiger partial charge in [0.1, 0.15) is 0 Å². The maximum atomic E-state index is 4.12. The number of nitrogens with zero attached hydrogens (tertiary/aromatic N) is 2. The monoisotopic (exact) mass is 178 g/mol. The Morgan fingerprint density at radius 3 is 2.92 bits per heavy atom. The van der Waals surface area contributed by atoms with Crippen molar-refractivity contribution in [1.29, 1.82) is 0 Å². The average molecular weight is 178 g/mol. The smallest absolute Gasteiger partial charge is 0.222 e. The van der Waals surface area contributed by atoms with E-state index in [1.165, 1.54) is 12.8 Å². The number of anilines is 1. The summed E-state index contributed by atoms with van der Waals surface area (Å²) in [6.07, 6.45) is 5.94. The minimum atomic E-state index is 0.483.